The molecule has 1 unspecified atom stereocenters. The number of nitrogens with two attached hydrogens (primary N) is 1. The summed E-state index contributed by atoms with van der Waals surface area (Å²) in [4.78, 5) is 8.42. The van der Waals surface area contributed by atoms with Crippen LogP contribution in [0.4, 0.5) is 0 Å². The fourth-order valence-corrected chi connectivity index (χ4v) is 2.82. The third-order valence-electron chi connectivity index (χ3n) is 1.97. The molecule has 74 valence electrons. The third kappa shape index (κ3) is 2.05. The zero-order chi connectivity index (χ0) is 9.97. The molecule has 0 saturated heterocycles. The number of halogens is 1. The van der Waals surface area contributed by atoms with E-state index in [2.05, 4.69) is 25.9 Å². The van der Waals surface area contributed by atoms with Crippen molar-refractivity contribution in [1.82, 2.24) is 9.97 Å². The lowest BCUT2D eigenvalue weighted by Crippen LogP contribution is -2.14. The van der Waals surface area contributed by atoms with Gasteiger partial charge in [0, 0.05) is 28.2 Å². The molecular formula is C9H10BrN3S. The molecule has 2 aromatic heterocycles. The van der Waals surface area contributed by atoms with E-state index >= 15 is 0 Å². The molecule has 2 aromatic rings. The maximum absolute atomic E-state index is 5.99. The molecule has 0 fully saturated rings. The van der Waals surface area contributed by atoms with Gasteiger partial charge in [0.15, 0.2) is 0 Å². The number of nitrogens with one attached hydrogen (secondary N) is 1. The van der Waals surface area contributed by atoms with Crippen LogP contribution in [0.1, 0.15) is 16.7 Å². The second kappa shape index (κ2) is 4.25. The van der Waals surface area contributed by atoms with Gasteiger partial charge in [-0.15, -0.1) is 11.3 Å². The van der Waals surface area contributed by atoms with E-state index in [0.717, 1.165) is 16.7 Å². The van der Waals surface area contributed by atoms with Crippen LogP contribution in [0, 0.1) is 0 Å². The minimum Gasteiger partial charge on any atom is -0.347 e. The average Bonchev–Trinajstić information content (AvgIpc) is 2.77. The van der Waals surface area contributed by atoms with Gasteiger partial charge in [0.05, 0.1) is 6.04 Å². The van der Waals surface area contributed by atoms with Crippen LogP contribution in [0.2, 0.25) is 0 Å². The third-order valence-corrected chi connectivity index (χ3v) is 3.92. The predicted molar refractivity (Wildman–Crippen MR) is 61.2 cm³/mol. The Morgan fingerprint density at radius 1 is 1.64 bits per heavy atom. The highest BCUT2D eigenvalue weighted by atomic mass is 79.9. The summed E-state index contributed by atoms with van der Waals surface area (Å²) in [6, 6.07) is 1.98. The molecule has 0 saturated carbocycles. The summed E-state index contributed by atoms with van der Waals surface area (Å²) in [5, 5.41) is 2.05. The molecule has 0 amide bonds. The minimum absolute atomic E-state index is 0.0556. The van der Waals surface area contributed by atoms with Gasteiger partial charge in [0.25, 0.3) is 0 Å². The number of aromatic nitrogens is 2. The van der Waals surface area contributed by atoms with Gasteiger partial charge in [-0.2, -0.15) is 0 Å². The van der Waals surface area contributed by atoms with E-state index in [-0.39, 0.29) is 6.04 Å². The maximum Gasteiger partial charge on any atom is 0.123 e. The van der Waals surface area contributed by atoms with Crippen molar-refractivity contribution < 1.29 is 0 Å². The predicted octanol–water partition coefficient (Wildman–Crippen LogP) is 2.48. The monoisotopic (exact) mass is 271 g/mol. The number of aromatic amines is 1. The van der Waals surface area contributed by atoms with Crippen molar-refractivity contribution in [1.29, 1.82) is 0 Å². The van der Waals surface area contributed by atoms with Crippen molar-refractivity contribution in [3.05, 3.63) is 39.0 Å². The number of thiophene rings is 1. The lowest BCUT2D eigenvalue weighted by Gasteiger charge is -2.07. The molecule has 0 spiro atoms. The fraction of sp³-hybridized carbons (Fsp3) is 0.222. The number of hydrogen-bond acceptors (Lipinski definition) is 3. The minimum atomic E-state index is -0.0556. The van der Waals surface area contributed by atoms with Crippen LogP contribution in [0.15, 0.2) is 28.3 Å². The lowest BCUT2D eigenvalue weighted by molar-refractivity contribution is 0.683. The molecule has 0 bridgehead atoms. The Hall–Kier alpha value is -0.650. The Balaban J connectivity index is 2.09. The van der Waals surface area contributed by atoms with Crippen molar-refractivity contribution in [2.45, 2.75) is 12.5 Å². The Morgan fingerprint density at radius 2 is 2.50 bits per heavy atom. The zero-order valence-corrected chi connectivity index (χ0v) is 9.81. The number of nitrogens with zero attached hydrogens (tertiary/aromatic N) is 1. The van der Waals surface area contributed by atoms with E-state index in [9.17, 15) is 0 Å². The summed E-state index contributed by atoms with van der Waals surface area (Å²) < 4.78 is 1.13. The van der Waals surface area contributed by atoms with Crippen molar-refractivity contribution in [2.24, 2.45) is 5.73 Å². The van der Waals surface area contributed by atoms with E-state index < -0.39 is 0 Å². The van der Waals surface area contributed by atoms with Gasteiger partial charge in [-0.05, 0) is 27.4 Å². The van der Waals surface area contributed by atoms with Crippen LogP contribution < -0.4 is 5.73 Å². The van der Waals surface area contributed by atoms with E-state index in [1.807, 2.05) is 11.4 Å². The molecule has 2 heterocycles. The van der Waals surface area contributed by atoms with Gasteiger partial charge in [-0.25, -0.2) is 4.98 Å². The zero-order valence-electron chi connectivity index (χ0n) is 7.40. The smallest absolute Gasteiger partial charge is 0.123 e. The second-order valence-corrected chi connectivity index (χ2v) is 4.83. The molecule has 0 aliphatic heterocycles. The first-order valence-electron chi connectivity index (χ1n) is 4.24. The lowest BCUT2D eigenvalue weighted by atomic mass is 10.2. The summed E-state index contributed by atoms with van der Waals surface area (Å²) in [5.74, 6) is 0.838. The van der Waals surface area contributed by atoms with Crippen molar-refractivity contribution in [2.75, 3.05) is 0 Å². The van der Waals surface area contributed by atoms with Gasteiger partial charge < -0.3 is 10.7 Å². The second-order valence-electron chi connectivity index (χ2n) is 2.98. The quantitative estimate of drug-likeness (QED) is 0.901. The number of hydrogen-bond donors (Lipinski definition) is 2. The average molecular weight is 272 g/mol. The molecule has 2 rings (SSSR count). The number of imidazole rings is 1. The van der Waals surface area contributed by atoms with Crippen molar-refractivity contribution in [3.63, 3.8) is 0 Å². The van der Waals surface area contributed by atoms with Crippen LogP contribution in [0.3, 0.4) is 0 Å². The first kappa shape index (κ1) is 9.89. The van der Waals surface area contributed by atoms with Crippen LogP contribution >= 0.6 is 27.3 Å². The molecule has 1 atom stereocenters. The van der Waals surface area contributed by atoms with Crippen LogP contribution in [-0.4, -0.2) is 9.97 Å². The molecule has 3 nitrogen and oxygen atoms in total. The molecule has 3 N–H and O–H groups in total. The summed E-state index contributed by atoms with van der Waals surface area (Å²) >= 11 is 5.19. The Kier molecular flexibility index (Phi) is 3.00. The Morgan fingerprint density at radius 3 is 3.07 bits per heavy atom. The number of H-pyrrole nitrogens is 1. The highest BCUT2D eigenvalue weighted by molar-refractivity contribution is 9.10. The van der Waals surface area contributed by atoms with Gasteiger partial charge in [0.2, 0.25) is 0 Å². The van der Waals surface area contributed by atoms with Crippen LogP contribution in [0.25, 0.3) is 0 Å². The van der Waals surface area contributed by atoms with E-state index in [4.69, 9.17) is 5.73 Å². The SMILES string of the molecule is NC(Cc1sccc1Br)c1ncc[nH]1. The van der Waals surface area contributed by atoms with Gasteiger partial charge in [0.1, 0.15) is 5.82 Å². The first-order chi connectivity index (χ1) is 6.77. The van der Waals surface area contributed by atoms with E-state index in [1.54, 1.807) is 23.7 Å². The molecular weight excluding hydrogens is 262 g/mol. The van der Waals surface area contributed by atoms with E-state index in [0.29, 0.717) is 0 Å². The fourth-order valence-electron chi connectivity index (χ4n) is 1.25. The normalized spacial score (nSPS) is 13.0. The molecule has 0 aliphatic rings. The molecule has 0 aromatic carbocycles. The van der Waals surface area contributed by atoms with Crippen LogP contribution in [0.5, 0.6) is 0 Å². The van der Waals surface area contributed by atoms with Gasteiger partial charge in [-0.1, -0.05) is 0 Å². The van der Waals surface area contributed by atoms with Crippen LogP contribution in [-0.2, 0) is 6.42 Å². The first-order valence-corrected chi connectivity index (χ1v) is 5.91. The van der Waals surface area contributed by atoms with Crippen molar-refractivity contribution >= 4 is 27.3 Å². The topological polar surface area (TPSA) is 54.7 Å². The maximum atomic E-state index is 5.99. The molecule has 0 aliphatic carbocycles. The van der Waals surface area contributed by atoms with Gasteiger partial charge >= 0.3 is 0 Å². The van der Waals surface area contributed by atoms with Gasteiger partial charge in [-0.3, -0.25) is 0 Å². The summed E-state index contributed by atoms with van der Waals surface area (Å²) in [7, 11) is 0. The molecule has 14 heavy (non-hydrogen) atoms. The standard InChI is InChI=1S/C9H10BrN3S/c10-6-1-4-14-8(6)5-7(11)9-12-2-3-13-9/h1-4,7H,5,11H2,(H,12,13). The summed E-state index contributed by atoms with van der Waals surface area (Å²) in [5.41, 5.74) is 5.99. The van der Waals surface area contributed by atoms with E-state index in [1.165, 1.54) is 4.88 Å². The van der Waals surface area contributed by atoms with Crippen molar-refractivity contribution in [3.8, 4) is 0 Å². The highest BCUT2D eigenvalue weighted by Crippen LogP contribution is 2.26. The summed E-state index contributed by atoms with van der Waals surface area (Å²) in [6.45, 7) is 0. The molecule has 0 radical (unpaired) electrons. The Labute approximate surface area is 94.5 Å². The largest absolute Gasteiger partial charge is 0.347 e. The number of rotatable bonds is 3. The highest BCUT2D eigenvalue weighted by Gasteiger charge is 2.11. The summed E-state index contributed by atoms with van der Waals surface area (Å²) in [6.07, 6.45) is 4.32. The molecule has 5 heteroatoms. The Bertz CT molecular complexity index is 396.